The average molecular weight is 465 g/mol. The van der Waals surface area contributed by atoms with Crippen LogP contribution in [0.25, 0.3) is 5.76 Å². The highest BCUT2D eigenvalue weighted by atomic mass is 16.5. The molecule has 1 aliphatic rings. The van der Waals surface area contributed by atoms with Gasteiger partial charge in [-0.25, -0.2) is 0 Å². The number of methoxy groups -OCH3 is 1. The first-order valence-corrected chi connectivity index (χ1v) is 11.4. The van der Waals surface area contributed by atoms with Crippen LogP contribution in [0.2, 0.25) is 0 Å². The molecule has 1 amide bonds. The van der Waals surface area contributed by atoms with Gasteiger partial charge in [-0.2, -0.15) is 0 Å². The highest BCUT2D eigenvalue weighted by molar-refractivity contribution is 6.46. The molecule has 1 fully saturated rings. The van der Waals surface area contributed by atoms with E-state index < -0.39 is 17.7 Å². The van der Waals surface area contributed by atoms with Gasteiger partial charge in [0.05, 0.1) is 18.7 Å². The standard InChI is InChI=1S/C27H32N2O5/c1-5-17-34-22-10-8-9-20(18-22)24-23(25(30)19-11-13-21(33-4)14-12-19)26(31)27(32)29(24)16-15-28(6-2)7-3/h5,8-14,18,24,30H,1,6-7,15-17H2,2-4H3/t24-/m1/s1. The maximum Gasteiger partial charge on any atom is 0.295 e. The third kappa shape index (κ3) is 5.31. The number of carbonyl (C=O) groups is 2. The number of nitrogens with zero attached hydrogens (tertiary/aromatic N) is 2. The van der Waals surface area contributed by atoms with Gasteiger partial charge in [-0.1, -0.05) is 38.6 Å². The Hall–Kier alpha value is -3.58. The van der Waals surface area contributed by atoms with Crippen LogP contribution in [-0.2, 0) is 9.59 Å². The quantitative estimate of drug-likeness (QED) is 0.234. The number of likely N-dealkylation sites (N-methyl/N-ethyl adjacent to an activating group) is 1. The van der Waals surface area contributed by atoms with E-state index in [2.05, 4.69) is 25.3 Å². The number of benzene rings is 2. The van der Waals surface area contributed by atoms with Crippen LogP contribution >= 0.6 is 0 Å². The van der Waals surface area contributed by atoms with Gasteiger partial charge in [0, 0.05) is 18.7 Å². The first-order chi connectivity index (χ1) is 16.4. The van der Waals surface area contributed by atoms with Gasteiger partial charge in [-0.15, -0.1) is 0 Å². The fraction of sp³-hybridized carbons (Fsp3) is 0.333. The van der Waals surface area contributed by atoms with Crippen molar-refractivity contribution in [3.8, 4) is 11.5 Å². The van der Waals surface area contributed by atoms with Crippen molar-refractivity contribution >= 4 is 17.4 Å². The zero-order valence-electron chi connectivity index (χ0n) is 20.0. The molecule has 180 valence electrons. The van der Waals surface area contributed by atoms with E-state index in [1.807, 2.05) is 12.1 Å². The summed E-state index contributed by atoms with van der Waals surface area (Å²) in [6, 6.07) is 13.2. The number of hydrogen-bond acceptors (Lipinski definition) is 6. The summed E-state index contributed by atoms with van der Waals surface area (Å²) in [5.74, 6) is -0.315. The molecule has 0 aliphatic carbocycles. The van der Waals surface area contributed by atoms with Crippen LogP contribution in [0.3, 0.4) is 0 Å². The van der Waals surface area contributed by atoms with E-state index in [1.165, 1.54) is 0 Å². The van der Waals surface area contributed by atoms with E-state index in [-0.39, 0.29) is 11.3 Å². The summed E-state index contributed by atoms with van der Waals surface area (Å²) in [6.07, 6.45) is 1.65. The first kappa shape index (κ1) is 25.1. The topological polar surface area (TPSA) is 79.3 Å². The van der Waals surface area contributed by atoms with E-state index in [0.29, 0.717) is 42.3 Å². The lowest BCUT2D eigenvalue weighted by molar-refractivity contribution is -0.140. The van der Waals surface area contributed by atoms with Gasteiger partial charge in [-0.05, 0) is 55.1 Å². The molecule has 1 atom stereocenters. The summed E-state index contributed by atoms with van der Waals surface area (Å²) in [4.78, 5) is 30.0. The van der Waals surface area contributed by atoms with Crippen molar-refractivity contribution in [3.63, 3.8) is 0 Å². The average Bonchev–Trinajstić information content (AvgIpc) is 3.13. The maximum absolute atomic E-state index is 13.2. The van der Waals surface area contributed by atoms with Crippen LogP contribution < -0.4 is 9.47 Å². The molecule has 0 saturated carbocycles. The minimum absolute atomic E-state index is 0.0654. The molecule has 2 aromatic rings. The number of amides is 1. The molecule has 0 aromatic heterocycles. The number of ketones is 1. The lowest BCUT2D eigenvalue weighted by atomic mass is 9.95. The number of Topliss-reactive ketones (excluding diaryl/α,β-unsaturated/α-hetero) is 1. The number of carbonyl (C=O) groups excluding carboxylic acids is 2. The molecule has 0 radical (unpaired) electrons. The van der Waals surface area contributed by atoms with E-state index >= 15 is 0 Å². The van der Waals surface area contributed by atoms with Gasteiger partial charge in [0.1, 0.15) is 23.9 Å². The SMILES string of the molecule is C=CCOc1cccc([C@@H]2C(=C(O)c3ccc(OC)cc3)C(=O)C(=O)N2CCN(CC)CC)c1. The van der Waals surface area contributed by atoms with Crippen LogP contribution in [0.4, 0.5) is 0 Å². The van der Waals surface area contributed by atoms with Gasteiger partial charge < -0.3 is 24.4 Å². The summed E-state index contributed by atoms with van der Waals surface area (Å²) < 4.78 is 10.9. The van der Waals surface area contributed by atoms with Gasteiger partial charge in [0.25, 0.3) is 11.7 Å². The lowest BCUT2D eigenvalue weighted by Crippen LogP contribution is -2.38. The molecule has 1 N–H and O–H groups in total. The third-order valence-electron chi connectivity index (χ3n) is 6.00. The van der Waals surface area contributed by atoms with Crippen LogP contribution in [-0.4, -0.2) is 66.5 Å². The number of likely N-dealkylation sites (tertiary alicyclic amines) is 1. The monoisotopic (exact) mass is 464 g/mol. The van der Waals surface area contributed by atoms with Crippen molar-refractivity contribution in [1.82, 2.24) is 9.80 Å². The van der Waals surface area contributed by atoms with Crippen molar-refractivity contribution < 1.29 is 24.2 Å². The van der Waals surface area contributed by atoms with Gasteiger partial charge in [-0.3, -0.25) is 9.59 Å². The second-order valence-corrected chi connectivity index (χ2v) is 7.92. The number of aliphatic hydroxyl groups excluding tert-OH is 1. The second kappa shape index (κ2) is 11.5. The molecule has 1 heterocycles. The molecule has 1 saturated heterocycles. The zero-order chi connectivity index (χ0) is 24.7. The highest BCUT2D eigenvalue weighted by Gasteiger charge is 2.46. The van der Waals surface area contributed by atoms with Crippen LogP contribution in [0, 0.1) is 0 Å². The Labute approximate surface area is 200 Å². The Morgan fingerprint density at radius 3 is 2.44 bits per heavy atom. The van der Waals surface area contributed by atoms with Crippen LogP contribution in [0.5, 0.6) is 11.5 Å². The normalized spacial score (nSPS) is 17.3. The smallest absolute Gasteiger partial charge is 0.295 e. The Morgan fingerprint density at radius 2 is 1.82 bits per heavy atom. The van der Waals surface area contributed by atoms with Crippen LogP contribution in [0.15, 0.2) is 66.8 Å². The summed E-state index contributed by atoms with van der Waals surface area (Å²) >= 11 is 0. The second-order valence-electron chi connectivity index (χ2n) is 7.92. The molecule has 3 rings (SSSR count). The van der Waals surface area contributed by atoms with E-state index in [4.69, 9.17) is 9.47 Å². The molecule has 0 spiro atoms. The summed E-state index contributed by atoms with van der Waals surface area (Å²) in [5.41, 5.74) is 1.19. The minimum Gasteiger partial charge on any atom is -0.507 e. The van der Waals surface area contributed by atoms with E-state index in [0.717, 1.165) is 13.1 Å². The summed E-state index contributed by atoms with van der Waals surface area (Å²) in [6.45, 7) is 10.8. The predicted octanol–water partition coefficient (Wildman–Crippen LogP) is 4.02. The minimum atomic E-state index is -0.732. The Morgan fingerprint density at radius 1 is 1.12 bits per heavy atom. The van der Waals surface area contributed by atoms with Crippen LogP contribution in [0.1, 0.15) is 31.0 Å². The van der Waals surface area contributed by atoms with Crippen molar-refractivity contribution in [2.24, 2.45) is 0 Å². The van der Waals surface area contributed by atoms with E-state index in [1.54, 1.807) is 54.5 Å². The summed E-state index contributed by atoms with van der Waals surface area (Å²) in [7, 11) is 1.55. The molecule has 0 unspecified atom stereocenters. The van der Waals surface area contributed by atoms with E-state index in [9.17, 15) is 14.7 Å². The fourth-order valence-corrected chi connectivity index (χ4v) is 4.08. The molecule has 2 aromatic carbocycles. The Bertz CT molecular complexity index is 1060. The number of aliphatic hydroxyl groups is 1. The van der Waals surface area contributed by atoms with Crippen molar-refractivity contribution in [2.45, 2.75) is 19.9 Å². The van der Waals surface area contributed by atoms with Gasteiger partial charge in [0.15, 0.2) is 0 Å². The third-order valence-corrected chi connectivity index (χ3v) is 6.00. The number of rotatable bonds is 11. The Kier molecular flexibility index (Phi) is 8.49. The summed E-state index contributed by atoms with van der Waals surface area (Å²) in [5, 5.41) is 11.2. The molecule has 7 nitrogen and oxygen atoms in total. The lowest BCUT2D eigenvalue weighted by Gasteiger charge is -2.28. The predicted molar refractivity (Wildman–Crippen MR) is 132 cm³/mol. The van der Waals surface area contributed by atoms with Gasteiger partial charge >= 0.3 is 0 Å². The molecule has 34 heavy (non-hydrogen) atoms. The zero-order valence-corrected chi connectivity index (χ0v) is 20.0. The maximum atomic E-state index is 13.2. The molecular formula is C27H32N2O5. The molecule has 0 bridgehead atoms. The van der Waals surface area contributed by atoms with Crippen molar-refractivity contribution in [1.29, 1.82) is 0 Å². The molecule has 1 aliphatic heterocycles. The van der Waals surface area contributed by atoms with Gasteiger partial charge in [0.2, 0.25) is 0 Å². The fourth-order valence-electron chi connectivity index (χ4n) is 4.08. The van der Waals surface area contributed by atoms with Crippen molar-refractivity contribution in [2.75, 3.05) is 39.9 Å². The Balaban J connectivity index is 2.09. The number of hydrogen-bond donors (Lipinski definition) is 1. The highest BCUT2D eigenvalue weighted by Crippen LogP contribution is 2.40. The number of ether oxygens (including phenoxy) is 2. The largest absolute Gasteiger partial charge is 0.507 e. The molecule has 7 heteroatoms. The molecular weight excluding hydrogens is 432 g/mol. The van der Waals surface area contributed by atoms with Crippen molar-refractivity contribution in [3.05, 3.63) is 77.9 Å². The first-order valence-electron chi connectivity index (χ1n) is 11.4.